The van der Waals surface area contributed by atoms with Crippen molar-refractivity contribution in [1.29, 1.82) is 0 Å². The molecule has 1 fully saturated rings. The molecule has 0 spiro atoms. The van der Waals surface area contributed by atoms with Crippen LogP contribution in [0.15, 0.2) is 65.1 Å². The molecule has 1 aliphatic rings. The van der Waals surface area contributed by atoms with E-state index < -0.39 is 5.82 Å². The first kappa shape index (κ1) is 18.7. The molecule has 0 aromatic heterocycles. The van der Waals surface area contributed by atoms with Gasteiger partial charge in [-0.1, -0.05) is 18.7 Å². The molecule has 0 saturated carbocycles. The topological polar surface area (TPSA) is 38.3 Å². The summed E-state index contributed by atoms with van der Waals surface area (Å²) in [6.45, 7) is 10.9. The van der Waals surface area contributed by atoms with Crippen molar-refractivity contribution in [2.75, 3.05) is 6.61 Å². The van der Waals surface area contributed by atoms with Gasteiger partial charge in [0.2, 0.25) is 0 Å². The van der Waals surface area contributed by atoms with Gasteiger partial charge in [-0.2, -0.15) is 0 Å². The van der Waals surface area contributed by atoms with Gasteiger partial charge in [-0.05, 0) is 55.7 Å². The van der Waals surface area contributed by atoms with Gasteiger partial charge < -0.3 is 10.1 Å². The zero-order valence-electron chi connectivity index (χ0n) is 15.0. The molecule has 1 N–H and O–H groups in total. The molecule has 0 aliphatic carbocycles. The summed E-state index contributed by atoms with van der Waals surface area (Å²) < 4.78 is 19.4. The van der Waals surface area contributed by atoms with E-state index in [1.54, 1.807) is 6.07 Å². The van der Waals surface area contributed by atoms with E-state index in [1.165, 1.54) is 12.1 Å². The highest BCUT2D eigenvalue weighted by Gasteiger charge is 2.21. The molecular weight excluding hydrogens is 317 g/mol. The van der Waals surface area contributed by atoms with Crippen LogP contribution < -0.4 is 5.32 Å². The fourth-order valence-electron chi connectivity index (χ4n) is 2.95. The second kappa shape index (κ2) is 8.47. The SMILES string of the molecule is C=CC(=C\C)/C(C)=C1\OCC\C1=C(\C)NCc1cc(F)cc(C=O)c1. The molecule has 1 aromatic rings. The van der Waals surface area contributed by atoms with Gasteiger partial charge in [0.25, 0.3) is 0 Å². The van der Waals surface area contributed by atoms with Crippen molar-refractivity contribution in [3.05, 3.63) is 82.0 Å². The third-order valence-electron chi connectivity index (χ3n) is 4.30. The highest BCUT2D eigenvalue weighted by molar-refractivity contribution is 5.75. The van der Waals surface area contributed by atoms with E-state index in [0.717, 1.165) is 40.2 Å². The van der Waals surface area contributed by atoms with Gasteiger partial charge in [0, 0.05) is 29.8 Å². The zero-order chi connectivity index (χ0) is 18.4. The molecule has 1 saturated heterocycles. The third kappa shape index (κ3) is 4.47. The number of allylic oxidation sites excluding steroid dienone is 6. The summed E-state index contributed by atoms with van der Waals surface area (Å²) in [4.78, 5) is 10.9. The first-order chi connectivity index (χ1) is 12.0. The molecule has 1 aromatic carbocycles. The van der Waals surface area contributed by atoms with Crippen molar-refractivity contribution in [1.82, 2.24) is 5.32 Å². The Balaban J connectivity index is 2.24. The molecule has 0 atom stereocenters. The number of carbonyl (C=O) groups is 1. The molecule has 25 heavy (non-hydrogen) atoms. The lowest BCUT2D eigenvalue weighted by atomic mass is 10.0. The number of benzene rings is 1. The third-order valence-corrected chi connectivity index (χ3v) is 4.30. The van der Waals surface area contributed by atoms with Gasteiger partial charge in [0.1, 0.15) is 17.9 Å². The number of nitrogens with one attached hydrogen (secondary N) is 1. The summed E-state index contributed by atoms with van der Waals surface area (Å²) in [5.41, 5.74) is 5.27. The fraction of sp³-hybridized carbons (Fsp3) is 0.286. The predicted molar refractivity (Wildman–Crippen MR) is 98.6 cm³/mol. The van der Waals surface area contributed by atoms with Crippen LogP contribution in [0.25, 0.3) is 0 Å². The second-order valence-electron chi connectivity index (χ2n) is 5.97. The second-order valence-corrected chi connectivity index (χ2v) is 5.97. The Morgan fingerprint density at radius 1 is 1.36 bits per heavy atom. The Kier molecular flexibility index (Phi) is 6.34. The standard InChI is InChI=1S/C21H24FNO2/c1-5-18(6-2)14(3)21-20(7-8-25-21)15(4)23-12-16-9-17(13-24)11-19(22)10-16/h5-6,9-11,13,23H,1,7-8,12H2,2-4H3/b18-6+,20-15+,21-14-. The molecule has 132 valence electrons. The van der Waals surface area contributed by atoms with Crippen molar-refractivity contribution < 1.29 is 13.9 Å². The molecule has 1 aliphatic heterocycles. The Morgan fingerprint density at radius 3 is 2.76 bits per heavy atom. The van der Waals surface area contributed by atoms with Crippen molar-refractivity contribution in [2.24, 2.45) is 0 Å². The van der Waals surface area contributed by atoms with E-state index in [-0.39, 0.29) is 0 Å². The molecule has 2 rings (SSSR count). The number of halogens is 1. The van der Waals surface area contributed by atoms with Gasteiger partial charge in [0.05, 0.1) is 6.61 Å². The highest BCUT2D eigenvalue weighted by Crippen LogP contribution is 2.31. The molecule has 0 amide bonds. The largest absolute Gasteiger partial charge is 0.493 e. The number of ether oxygens (including phenoxy) is 1. The van der Waals surface area contributed by atoms with Crippen molar-refractivity contribution in [2.45, 2.75) is 33.7 Å². The van der Waals surface area contributed by atoms with Crippen LogP contribution in [0.3, 0.4) is 0 Å². The first-order valence-corrected chi connectivity index (χ1v) is 8.31. The van der Waals surface area contributed by atoms with Crippen LogP contribution in [0.4, 0.5) is 4.39 Å². The summed E-state index contributed by atoms with van der Waals surface area (Å²) in [5, 5.41) is 3.32. The average Bonchev–Trinajstić information content (AvgIpc) is 3.09. The van der Waals surface area contributed by atoms with Gasteiger partial charge in [-0.3, -0.25) is 4.79 Å². The van der Waals surface area contributed by atoms with Crippen LogP contribution >= 0.6 is 0 Å². The van der Waals surface area contributed by atoms with Crippen LogP contribution in [-0.2, 0) is 11.3 Å². The van der Waals surface area contributed by atoms with E-state index in [1.807, 2.05) is 32.9 Å². The number of rotatable bonds is 6. The maximum Gasteiger partial charge on any atom is 0.150 e. The van der Waals surface area contributed by atoms with E-state index in [4.69, 9.17) is 4.74 Å². The smallest absolute Gasteiger partial charge is 0.150 e. The van der Waals surface area contributed by atoms with Crippen LogP contribution in [0.5, 0.6) is 0 Å². The molecular formula is C21H24FNO2. The van der Waals surface area contributed by atoms with Gasteiger partial charge in [0.15, 0.2) is 0 Å². The Labute approximate surface area is 148 Å². The van der Waals surface area contributed by atoms with Crippen LogP contribution in [0, 0.1) is 5.82 Å². The van der Waals surface area contributed by atoms with E-state index in [0.29, 0.717) is 25.0 Å². The zero-order valence-corrected chi connectivity index (χ0v) is 15.0. The van der Waals surface area contributed by atoms with Crippen LogP contribution in [0.2, 0.25) is 0 Å². The first-order valence-electron chi connectivity index (χ1n) is 8.31. The van der Waals surface area contributed by atoms with Crippen LogP contribution in [-0.4, -0.2) is 12.9 Å². The molecule has 0 bridgehead atoms. The predicted octanol–water partition coefficient (Wildman–Crippen LogP) is 4.83. The minimum absolute atomic E-state index is 0.339. The van der Waals surface area contributed by atoms with Gasteiger partial charge in [-0.25, -0.2) is 4.39 Å². The van der Waals surface area contributed by atoms with Gasteiger partial charge >= 0.3 is 0 Å². The molecule has 0 unspecified atom stereocenters. The van der Waals surface area contributed by atoms with E-state index >= 15 is 0 Å². The van der Waals surface area contributed by atoms with E-state index in [2.05, 4.69) is 11.9 Å². The summed E-state index contributed by atoms with van der Waals surface area (Å²) in [6.07, 6.45) is 5.30. The summed E-state index contributed by atoms with van der Waals surface area (Å²) in [7, 11) is 0. The van der Waals surface area contributed by atoms with Crippen molar-refractivity contribution in [3.63, 3.8) is 0 Å². The molecule has 4 heteroatoms. The summed E-state index contributed by atoms with van der Waals surface area (Å²) in [5.74, 6) is 0.474. The average molecular weight is 341 g/mol. The molecule has 0 radical (unpaired) electrons. The molecule has 3 nitrogen and oxygen atoms in total. The maximum absolute atomic E-state index is 13.5. The Morgan fingerprint density at radius 2 is 2.12 bits per heavy atom. The fourth-order valence-corrected chi connectivity index (χ4v) is 2.95. The normalized spacial score (nSPS) is 18.5. The number of hydrogen-bond acceptors (Lipinski definition) is 3. The van der Waals surface area contributed by atoms with Crippen LogP contribution in [0.1, 0.15) is 43.1 Å². The van der Waals surface area contributed by atoms with Gasteiger partial charge in [-0.15, -0.1) is 0 Å². The lowest BCUT2D eigenvalue weighted by Crippen LogP contribution is -2.13. The number of hydrogen-bond donors (Lipinski definition) is 1. The van der Waals surface area contributed by atoms with E-state index in [9.17, 15) is 9.18 Å². The maximum atomic E-state index is 13.5. The number of carbonyl (C=O) groups excluding carboxylic acids is 1. The monoisotopic (exact) mass is 341 g/mol. The Hall–Kier alpha value is -2.62. The lowest BCUT2D eigenvalue weighted by Gasteiger charge is -2.13. The Bertz CT molecular complexity index is 772. The number of aldehydes is 1. The summed E-state index contributed by atoms with van der Waals surface area (Å²) in [6, 6.07) is 4.34. The van der Waals surface area contributed by atoms with Crippen molar-refractivity contribution >= 4 is 6.29 Å². The minimum atomic E-state index is -0.406. The quantitative estimate of drug-likeness (QED) is 0.595. The van der Waals surface area contributed by atoms with Crippen molar-refractivity contribution in [3.8, 4) is 0 Å². The lowest BCUT2D eigenvalue weighted by molar-refractivity contribution is 0.112. The highest BCUT2D eigenvalue weighted by atomic mass is 19.1. The summed E-state index contributed by atoms with van der Waals surface area (Å²) >= 11 is 0. The minimum Gasteiger partial charge on any atom is -0.493 e. The molecule has 1 heterocycles.